The number of thiophene rings is 1. The number of nitrogens with one attached hydrogen (secondary N) is 1. The Balaban J connectivity index is 1.71. The van der Waals surface area contributed by atoms with Crippen LogP contribution in [0.4, 0.5) is 0 Å². The van der Waals surface area contributed by atoms with Crippen LogP contribution >= 0.6 is 11.3 Å². The number of amides is 1. The van der Waals surface area contributed by atoms with Gasteiger partial charge in [0, 0.05) is 22.2 Å². The maximum atomic E-state index is 11.9. The molecular formula is C15H21NO3S. The third kappa shape index (κ3) is 4.07. The monoisotopic (exact) mass is 295 g/mol. The van der Waals surface area contributed by atoms with E-state index in [1.807, 2.05) is 0 Å². The van der Waals surface area contributed by atoms with Crippen molar-refractivity contribution in [2.24, 2.45) is 5.92 Å². The minimum absolute atomic E-state index is 0.0172. The topological polar surface area (TPSA) is 66.4 Å². The van der Waals surface area contributed by atoms with E-state index in [9.17, 15) is 9.59 Å². The minimum Gasteiger partial charge on any atom is -0.481 e. The lowest BCUT2D eigenvalue weighted by molar-refractivity contribution is -0.142. The van der Waals surface area contributed by atoms with Gasteiger partial charge in [-0.1, -0.05) is 6.42 Å². The number of hydrogen-bond donors (Lipinski definition) is 2. The zero-order valence-electron chi connectivity index (χ0n) is 11.7. The first-order chi connectivity index (χ1) is 9.56. The van der Waals surface area contributed by atoms with Crippen LogP contribution in [-0.2, 0) is 16.0 Å². The van der Waals surface area contributed by atoms with Crippen molar-refractivity contribution in [3.8, 4) is 0 Å². The van der Waals surface area contributed by atoms with E-state index < -0.39 is 11.9 Å². The SMILES string of the molecule is Cc1ccc(CCCC(=O)N[C@@H]2CCC[C@@H]2C(=O)O)s1. The molecule has 2 atom stereocenters. The molecule has 1 heterocycles. The average molecular weight is 295 g/mol. The van der Waals surface area contributed by atoms with Crippen molar-refractivity contribution in [2.45, 2.75) is 51.5 Å². The van der Waals surface area contributed by atoms with Crippen LogP contribution in [0, 0.1) is 12.8 Å². The third-order valence-electron chi connectivity index (χ3n) is 3.80. The molecule has 0 aromatic carbocycles. The standard InChI is InChI=1S/C15H21NO3S/c1-10-8-9-11(20-10)4-2-7-14(17)16-13-6-3-5-12(13)15(18)19/h8-9,12-13H,2-7H2,1H3,(H,16,17)(H,18,19)/t12-,13+/m0/s1. The first-order valence-corrected chi connectivity index (χ1v) is 7.95. The molecule has 1 aromatic rings. The summed E-state index contributed by atoms with van der Waals surface area (Å²) >= 11 is 1.77. The highest BCUT2D eigenvalue weighted by Crippen LogP contribution is 2.26. The smallest absolute Gasteiger partial charge is 0.308 e. The van der Waals surface area contributed by atoms with Gasteiger partial charge < -0.3 is 10.4 Å². The van der Waals surface area contributed by atoms with Gasteiger partial charge in [0.15, 0.2) is 0 Å². The molecule has 1 fully saturated rings. The Hall–Kier alpha value is -1.36. The molecule has 0 saturated heterocycles. The lowest BCUT2D eigenvalue weighted by Gasteiger charge is -2.17. The molecule has 20 heavy (non-hydrogen) atoms. The van der Waals surface area contributed by atoms with Crippen molar-refractivity contribution in [3.63, 3.8) is 0 Å². The van der Waals surface area contributed by atoms with Crippen LogP contribution in [0.5, 0.6) is 0 Å². The highest BCUT2D eigenvalue weighted by molar-refractivity contribution is 7.11. The van der Waals surface area contributed by atoms with Crippen LogP contribution in [0.2, 0.25) is 0 Å². The number of carbonyl (C=O) groups excluding carboxylic acids is 1. The fraction of sp³-hybridized carbons (Fsp3) is 0.600. The molecule has 0 unspecified atom stereocenters. The van der Waals surface area contributed by atoms with Gasteiger partial charge >= 0.3 is 5.97 Å². The number of aliphatic carboxylic acids is 1. The molecule has 4 nitrogen and oxygen atoms in total. The Labute approximate surface area is 123 Å². The van der Waals surface area contributed by atoms with E-state index in [0.29, 0.717) is 12.8 Å². The summed E-state index contributed by atoms with van der Waals surface area (Å²) in [5.74, 6) is -1.21. The minimum atomic E-state index is -0.790. The van der Waals surface area contributed by atoms with Gasteiger partial charge in [0.2, 0.25) is 5.91 Å². The molecule has 110 valence electrons. The predicted molar refractivity (Wildman–Crippen MR) is 78.9 cm³/mol. The summed E-state index contributed by atoms with van der Waals surface area (Å²) in [6, 6.07) is 4.02. The fourth-order valence-corrected chi connectivity index (χ4v) is 3.68. The molecule has 1 aliphatic rings. The van der Waals surface area contributed by atoms with Crippen molar-refractivity contribution in [1.82, 2.24) is 5.32 Å². The summed E-state index contributed by atoms with van der Waals surface area (Å²) in [6.45, 7) is 2.08. The van der Waals surface area contributed by atoms with Crippen LogP contribution in [0.1, 0.15) is 41.9 Å². The zero-order chi connectivity index (χ0) is 14.5. The Bertz CT molecular complexity index is 483. The van der Waals surface area contributed by atoms with Gasteiger partial charge in [-0.3, -0.25) is 9.59 Å². The highest BCUT2D eigenvalue weighted by atomic mass is 32.1. The van der Waals surface area contributed by atoms with Crippen molar-refractivity contribution in [2.75, 3.05) is 0 Å². The molecule has 0 aliphatic heterocycles. The van der Waals surface area contributed by atoms with Crippen LogP contribution < -0.4 is 5.32 Å². The van der Waals surface area contributed by atoms with Gasteiger partial charge in [-0.15, -0.1) is 11.3 Å². The maximum absolute atomic E-state index is 11.9. The lowest BCUT2D eigenvalue weighted by atomic mass is 10.0. The van der Waals surface area contributed by atoms with Crippen LogP contribution in [0.15, 0.2) is 12.1 Å². The zero-order valence-corrected chi connectivity index (χ0v) is 12.5. The molecule has 1 amide bonds. The molecular weight excluding hydrogens is 274 g/mol. The van der Waals surface area contributed by atoms with Crippen LogP contribution in [0.25, 0.3) is 0 Å². The number of hydrogen-bond acceptors (Lipinski definition) is 3. The largest absolute Gasteiger partial charge is 0.481 e. The maximum Gasteiger partial charge on any atom is 0.308 e. The average Bonchev–Trinajstić information content (AvgIpc) is 2.98. The van der Waals surface area contributed by atoms with E-state index in [-0.39, 0.29) is 11.9 Å². The van der Waals surface area contributed by atoms with Crippen molar-refractivity contribution in [1.29, 1.82) is 0 Å². The lowest BCUT2D eigenvalue weighted by Crippen LogP contribution is -2.40. The first-order valence-electron chi connectivity index (χ1n) is 7.14. The molecule has 2 rings (SSSR count). The molecule has 0 bridgehead atoms. The number of rotatable bonds is 6. The van der Waals surface area contributed by atoms with E-state index in [1.54, 1.807) is 11.3 Å². The van der Waals surface area contributed by atoms with Crippen LogP contribution in [-0.4, -0.2) is 23.0 Å². The number of carbonyl (C=O) groups is 2. The van der Waals surface area contributed by atoms with E-state index in [2.05, 4.69) is 24.4 Å². The van der Waals surface area contributed by atoms with E-state index in [0.717, 1.165) is 25.7 Å². The second-order valence-corrected chi connectivity index (χ2v) is 6.79. The van der Waals surface area contributed by atoms with Gasteiger partial charge in [-0.2, -0.15) is 0 Å². The van der Waals surface area contributed by atoms with Crippen LogP contribution in [0.3, 0.4) is 0 Å². The van der Waals surface area contributed by atoms with Gasteiger partial charge in [-0.25, -0.2) is 0 Å². The van der Waals surface area contributed by atoms with Gasteiger partial charge in [0.05, 0.1) is 5.92 Å². The quantitative estimate of drug-likeness (QED) is 0.848. The number of aryl methyl sites for hydroxylation is 2. The Morgan fingerprint density at radius 2 is 2.20 bits per heavy atom. The normalized spacial score (nSPS) is 21.9. The molecule has 1 aliphatic carbocycles. The summed E-state index contributed by atoms with van der Waals surface area (Å²) < 4.78 is 0. The second kappa shape index (κ2) is 6.88. The van der Waals surface area contributed by atoms with E-state index in [4.69, 9.17) is 5.11 Å². The first kappa shape index (κ1) is 15.0. The van der Waals surface area contributed by atoms with E-state index >= 15 is 0 Å². The summed E-state index contributed by atoms with van der Waals surface area (Å²) in [7, 11) is 0. The Morgan fingerprint density at radius 3 is 2.85 bits per heavy atom. The Kier molecular flexibility index (Phi) is 5.17. The summed E-state index contributed by atoms with van der Waals surface area (Å²) in [4.78, 5) is 25.5. The van der Waals surface area contributed by atoms with Crippen molar-refractivity contribution < 1.29 is 14.7 Å². The Morgan fingerprint density at radius 1 is 1.40 bits per heavy atom. The summed E-state index contributed by atoms with van der Waals surface area (Å²) in [5, 5.41) is 12.0. The molecule has 1 saturated carbocycles. The molecule has 0 spiro atoms. The molecule has 2 N–H and O–H groups in total. The molecule has 0 radical (unpaired) electrons. The van der Waals surface area contributed by atoms with Crippen molar-refractivity contribution in [3.05, 3.63) is 21.9 Å². The highest BCUT2D eigenvalue weighted by Gasteiger charge is 2.33. The molecule has 5 heteroatoms. The second-order valence-electron chi connectivity index (χ2n) is 5.42. The molecule has 1 aromatic heterocycles. The van der Waals surface area contributed by atoms with Crippen molar-refractivity contribution >= 4 is 23.2 Å². The third-order valence-corrected chi connectivity index (χ3v) is 4.86. The predicted octanol–water partition coefficient (Wildman–Crippen LogP) is 2.75. The van der Waals surface area contributed by atoms with E-state index in [1.165, 1.54) is 9.75 Å². The van der Waals surface area contributed by atoms with Gasteiger partial charge in [0.25, 0.3) is 0 Å². The summed E-state index contributed by atoms with van der Waals surface area (Å²) in [6.07, 6.45) is 4.55. The fourth-order valence-electron chi connectivity index (χ4n) is 2.75. The van der Waals surface area contributed by atoms with Gasteiger partial charge in [-0.05, 0) is 44.7 Å². The number of carboxylic acids is 1. The summed E-state index contributed by atoms with van der Waals surface area (Å²) in [5.41, 5.74) is 0. The van der Waals surface area contributed by atoms with Gasteiger partial charge in [0.1, 0.15) is 0 Å². The number of carboxylic acid groups (broad SMARTS) is 1.